The number of nitrogen functional groups attached to an aromatic ring is 1. The summed E-state index contributed by atoms with van der Waals surface area (Å²) in [4.78, 5) is 29.3. The molecule has 1 amide bonds. The number of hydrogen-bond donors (Lipinski definition) is 1. The molecule has 1 atom stereocenters. The van der Waals surface area contributed by atoms with Crippen LogP contribution >= 0.6 is 34.3 Å². The van der Waals surface area contributed by atoms with Crippen LogP contribution in [0.1, 0.15) is 17.4 Å². The lowest BCUT2D eigenvalue weighted by atomic mass is 10.1. The standard InChI is InChI=1S/C23H22ClN5OS2/c1-14-23(30)29(11-15-2-4-17-18(10-15)26-13-27-22(17)25)9-8-28(14)12-16-3-5-19(31-16)20-6-7-21(24)32-20/h2-7,10,13-14H,8-9,11-12H2,1H3,(H2,25,26,27)/t14-/m0/s1. The van der Waals surface area contributed by atoms with Crippen molar-refractivity contribution < 1.29 is 4.79 Å². The van der Waals surface area contributed by atoms with Gasteiger partial charge in [0.1, 0.15) is 12.1 Å². The van der Waals surface area contributed by atoms with Crippen LogP contribution in [0, 0.1) is 0 Å². The Morgan fingerprint density at radius 1 is 1.06 bits per heavy atom. The Morgan fingerprint density at radius 3 is 2.69 bits per heavy atom. The van der Waals surface area contributed by atoms with E-state index in [1.165, 1.54) is 21.0 Å². The second-order valence-corrected chi connectivity index (χ2v) is 10.8. The van der Waals surface area contributed by atoms with Crippen LogP contribution in [0.25, 0.3) is 20.7 Å². The number of anilines is 1. The third-order valence-corrected chi connectivity index (χ3v) is 8.31. The summed E-state index contributed by atoms with van der Waals surface area (Å²) in [5, 5.41) is 0.834. The van der Waals surface area contributed by atoms with Crippen molar-refractivity contribution in [2.45, 2.75) is 26.1 Å². The van der Waals surface area contributed by atoms with E-state index in [1.807, 2.05) is 36.1 Å². The van der Waals surface area contributed by atoms with Gasteiger partial charge >= 0.3 is 0 Å². The molecule has 0 aliphatic carbocycles. The van der Waals surface area contributed by atoms with Crippen LogP contribution in [0.3, 0.4) is 0 Å². The lowest BCUT2D eigenvalue weighted by molar-refractivity contribution is -0.142. The van der Waals surface area contributed by atoms with E-state index in [2.05, 4.69) is 33.1 Å². The molecule has 4 heterocycles. The van der Waals surface area contributed by atoms with Gasteiger partial charge in [0.15, 0.2) is 0 Å². The highest BCUT2D eigenvalue weighted by molar-refractivity contribution is 7.24. The Balaban J connectivity index is 1.25. The maximum atomic E-state index is 13.1. The average molecular weight is 484 g/mol. The van der Waals surface area contributed by atoms with E-state index in [9.17, 15) is 4.79 Å². The first kappa shape index (κ1) is 21.3. The molecule has 0 bridgehead atoms. The molecule has 1 saturated heterocycles. The number of aromatic nitrogens is 2. The summed E-state index contributed by atoms with van der Waals surface area (Å²) < 4.78 is 0.799. The number of carbonyl (C=O) groups excluding carboxylic acids is 1. The predicted octanol–water partition coefficient (Wildman–Crippen LogP) is 4.89. The zero-order valence-corrected chi connectivity index (χ0v) is 19.9. The number of thiophene rings is 2. The molecular formula is C23H22ClN5OS2. The van der Waals surface area contributed by atoms with Crippen LogP contribution in [0.5, 0.6) is 0 Å². The van der Waals surface area contributed by atoms with Crippen molar-refractivity contribution in [2.75, 3.05) is 18.8 Å². The fourth-order valence-corrected chi connectivity index (χ4v) is 6.20. The highest BCUT2D eigenvalue weighted by Crippen LogP contribution is 2.36. The Hall–Kier alpha value is -2.52. The van der Waals surface area contributed by atoms with E-state index in [0.29, 0.717) is 18.9 Å². The fourth-order valence-electron chi connectivity index (χ4n) is 4.03. The summed E-state index contributed by atoms with van der Waals surface area (Å²) in [7, 11) is 0. The summed E-state index contributed by atoms with van der Waals surface area (Å²) >= 11 is 9.43. The highest BCUT2D eigenvalue weighted by Gasteiger charge is 2.31. The normalized spacial score (nSPS) is 17.4. The predicted molar refractivity (Wildman–Crippen MR) is 132 cm³/mol. The molecule has 32 heavy (non-hydrogen) atoms. The van der Waals surface area contributed by atoms with Gasteiger partial charge in [0.2, 0.25) is 5.91 Å². The van der Waals surface area contributed by atoms with Crippen molar-refractivity contribution in [1.82, 2.24) is 19.8 Å². The number of piperazine rings is 1. The maximum Gasteiger partial charge on any atom is 0.239 e. The van der Waals surface area contributed by atoms with Gasteiger partial charge in [0.05, 0.1) is 15.9 Å². The molecule has 0 saturated carbocycles. The number of rotatable bonds is 5. The summed E-state index contributed by atoms with van der Waals surface area (Å²) in [6.07, 6.45) is 1.47. The number of fused-ring (bicyclic) bond motifs is 1. The zero-order valence-electron chi connectivity index (χ0n) is 17.5. The summed E-state index contributed by atoms with van der Waals surface area (Å²) in [6.45, 7) is 4.88. The third-order valence-electron chi connectivity index (χ3n) is 5.82. The second kappa shape index (κ2) is 8.78. The van der Waals surface area contributed by atoms with E-state index >= 15 is 0 Å². The minimum Gasteiger partial charge on any atom is -0.383 e. The minimum atomic E-state index is -0.163. The molecule has 9 heteroatoms. The number of nitrogens with two attached hydrogens (primary N) is 1. The largest absolute Gasteiger partial charge is 0.383 e. The van der Waals surface area contributed by atoms with Crippen molar-refractivity contribution >= 4 is 56.9 Å². The van der Waals surface area contributed by atoms with Crippen molar-refractivity contribution in [3.63, 3.8) is 0 Å². The Labute approximate surface area is 199 Å². The van der Waals surface area contributed by atoms with Crippen LogP contribution in [0.4, 0.5) is 5.82 Å². The van der Waals surface area contributed by atoms with Gasteiger partial charge in [0.25, 0.3) is 0 Å². The molecule has 1 aromatic carbocycles. The zero-order chi connectivity index (χ0) is 22.2. The first-order valence-electron chi connectivity index (χ1n) is 10.3. The lowest BCUT2D eigenvalue weighted by Crippen LogP contribution is -2.54. The van der Waals surface area contributed by atoms with Crippen molar-refractivity contribution in [1.29, 1.82) is 0 Å². The van der Waals surface area contributed by atoms with Crippen LogP contribution in [-0.2, 0) is 17.9 Å². The van der Waals surface area contributed by atoms with E-state index in [4.69, 9.17) is 17.3 Å². The molecule has 0 unspecified atom stereocenters. The molecule has 0 spiro atoms. The van der Waals surface area contributed by atoms with E-state index in [-0.39, 0.29) is 11.9 Å². The van der Waals surface area contributed by atoms with Gasteiger partial charge < -0.3 is 10.6 Å². The van der Waals surface area contributed by atoms with Gasteiger partial charge in [-0.3, -0.25) is 9.69 Å². The van der Waals surface area contributed by atoms with E-state index < -0.39 is 0 Å². The van der Waals surface area contributed by atoms with E-state index in [1.54, 1.807) is 22.7 Å². The Kier molecular flexibility index (Phi) is 5.86. The molecule has 5 rings (SSSR count). The number of hydrogen-bond acceptors (Lipinski definition) is 7. The molecule has 1 fully saturated rings. The molecule has 164 valence electrons. The number of amides is 1. The third kappa shape index (κ3) is 4.23. The number of nitrogens with zero attached hydrogens (tertiary/aromatic N) is 4. The van der Waals surface area contributed by atoms with Crippen molar-refractivity contribution in [2.24, 2.45) is 0 Å². The first-order chi connectivity index (χ1) is 15.5. The molecule has 4 aromatic rings. The van der Waals surface area contributed by atoms with Crippen LogP contribution < -0.4 is 5.73 Å². The monoisotopic (exact) mass is 483 g/mol. The molecule has 3 aromatic heterocycles. The summed E-state index contributed by atoms with van der Waals surface area (Å²) in [6, 6.07) is 14.0. The maximum absolute atomic E-state index is 13.1. The topological polar surface area (TPSA) is 75.3 Å². The molecule has 1 aliphatic heterocycles. The molecule has 1 aliphatic rings. The van der Waals surface area contributed by atoms with Gasteiger partial charge in [-0.25, -0.2) is 9.97 Å². The van der Waals surface area contributed by atoms with Crippen LogP contribution in [0.15, 0.2) is 48.8 Å². The SMILES string of the molecule is C[C@H]1C(=O)N(Cc2ccc3c(N)ncnc3c2)CCN1Cc1ccc(-c2ccc(Cl)s2)s1. The average Bonchev–Trinajstić information content (AvgIpc) is 3.42. The molecule has 6 nitrogen and oxygen atoms in total. The van der Waals surface area contributed by atoms with Crippen molar-refractivity contribution in [3.8, 4) is 9.75 Å². The van der Waals surface area contributed by atoms with Gasteiger partial charge in [0, 0.05) is 46.2 Å². The summed E-state index contributed by atoms with van der Waals surface area (Å²) in [5.41, 5.74) is 7.76. The number of benzene rings is 1. The van der Waals surface area contributed by atoms with Crippen LogP contribution in [-0.4, -0.2) is 44.8 Å². The summed E-state index contributed by atoms with van der Waals surface area (Å²) in [5.74, 6) is 0.624. The van der Waals surface area contributed by atoms with Gasteiger partial charge in [-0.1, -0.05) is 17.7 Å². The Morgan fingerprint density at radius 2 is 1.88 bits per heavy atom. The lowest BCUT2D eigenvalue weighted by Gasteiger charge is -2.39. The minimum absolute atomic E-state index is 0.153. The van der Waals surface area contributed by atoms with E-state index in [0.717, 1.165) is 33.9 Å². The smallest absolute Gasteiger partial charge is 0.239 e. The second-order valence-electron chi connectivity index (χ2n) is 7.89. The number of carbonyl (C=O) groups is 1. The van der Waals surface area contributed by atoms with Gasteiger partial charge in [-0.2, -0.15) is 0 Å². The molecule has 0 radical (unpaired) electrons. The number of halogens is 1. The fraction of sp³-hybridized carbons (Fsp3) is 0.261. The Bertz CT molecular complexity index is 1290. The van der Waals surface area contributed by atoms with Gasteiger partial charge in [-0.05, 0) is 48.9 Å². The quantitative estimate of drug-likeness (QED) is 0.437. The van der Waals surface area contributed by atoms with Gasteiger partial charge in [-0.15, -0.1) is 22.7 Å². The van der Waals surface area contributed by atoms with Crippen LogP contribution in [0.2, 0.25) is 4.34 Å². The molecule has 2 N–H and O–H groups in total. The van der Waals surface area contributed by atoms with Crippen molar-refractivity contribution in [3.05, 3.63) is 63.6 Å². The first-order valence-corrected chi connectivity index (χ1v) is 12.4. The molecular weight excluding hydrogens is 462 g/mol. The highest BCUT2D eigenvalue weighted by atomic mass is 35.5.